The number of hydrogen-bond acceptors (Lipinski definition) is 1. The highest BCUT2D eigenvalue weighted by Crippen LogP contribution is 2.37. The molecule has 0 bridgehead atoms. The number of hydrogen-bond donors (Lipinski definition) is 1. The molecule has 104 valence electrons. The van der Waals surface area contributed by atoms with Gasteiger partial charge in [0.1, 0.15) is 0 Å². The minimum absolute atomic E-state index is 0.685. The van der Waals surface area contributed by atoms with Gasteiger partial charge in [-0.15, -0.1) is 0 Å². The molecule has 3 heteroatoms. The standard InChI is InChI=1S/C16H21Cl2N/c17-15-6-2-4-12(16(15)18)9-11-3-1-5-13(11)10-19-14-7-8-14/h2,4,6,11,13-14,19H,1,3,5,7-10H2. The Morgan fingerprint density at radius 3 is 2.63 bits per heavy atom. The zero-order valence-corrected chi connectivity index (χ0v) is 12.7. The Balaban J connectivity index is 1.62. The first-order valence-corrected chi connectivity index (χ1v) is 8.16. The van der Waals surface area contributed by atoms with Gasteiger partial charge in [-0.2, -0.15) is 0 Å². The molecule has 0 heterocycles. The molecule has 2 atom stereocenters. The van der Waals surface area contributed by atoms with E-state index in [-0.39, 0.29) is 0 Å². The van der Waals surface area contributed by atoms with Gasteiger partial charge in [-0.3, -0.25) is 0 Å². The van der Waals surface area contributed by atoms with Crippen LogP contribution in [0.2, 0.25) is 10.0 Å². The third-order valence-electron chi connectivity index (χ3n) is 4.58. The first-order valence-electron chi connectivity index (χ1n) is 7.40. The Morgan fingerprint density at radius 2 is 1.84 bits per heavy atom. The summed E-state index contributed by atoms with van der Waals surface area (Å²) < 4.78 is 0. The highest BCUT2D eigenvalue weighted by atomic mass is 35.5. The lowest BCUT2D eigenvalue weighted by molar-refractivity contribution is 0.364. The molecule has 2 saturated carbocycles. The van der Waals surface area contributed by atoms with E-state index in [4.69, 9.17) is 23.2 Å². The van der Waals surface area contributed by atoms with Crippen LogP contribution in [0.15, 0.2) is 18.2 Å². The van der Waals surface area contributed by atoms with Gasteiger partial charge in [0.05, 0.1) is 10.0 Å². The van der Waals surface area contributed by atoms with Crippen LogP contribution in [-0.2, 0) is 6.42 Å². The Bertz CT molecular complexity index is 442. The van der Waals surface area contributed by atoms with Gasteiger partial charge in [0, 0.05) is 6.04 Å². The van der Waals surface area contributed by atoms with Crippen molar-refractivity contribution in [2.24, 2.45) is 11.8 Å². The third kappa shape index (κ3) is 3.45. The lowest BCUT2D eigenvalue weighted by atomic mass is 9.89. The minimum atomic E-state index is 0.685. The Morgan fingerprint density at radius 1 is 1.05 bits per heavy atom. The number of benzene rings is 1. The number of rotatable bonds is 5. The van der Waals surface area contributed by atoms with E-state index in [1.165, 1.54) is 44.2 Å². The summed E-state index contributed by atoms with van der Waals surface area (Å²) in [7, 11) is 0. The molecule has 19 heavy (non-hydrogen) atoms. The summed E-state index contributed by atoms with van der Waals surface area (Å²) in [5.41, 5.74) is 1.22. The average Bonchev–Trinajstić information content (AvgIpc) is 3.13. The first-order chi connectivity index (χ1) is 9.24. The molecule has 1 N–H and O–H groups in total. The van der Waals surface area contributed by atoms with Gasteiger partial charge in [0.15, 0.2) is 0 Å². The maximum absolute atomic E-state index is 6.31. The van der Waals surface area contributed by atoms with Crippen molar-refractivity contribution in [2.75, 3.05) is 6.54 Å². The van der Waals surface area contributed by atoms with Crippen molar-refractivity contribution in [3.05, 3.63) is 33.8 Å². The molecule has 0 saturated heterocycles. The number of halogens is 2. The fourth-order valence-corrected chi connectivity index (χ4v) is 3.64. The monoisotopic (exact) mass is 297 g/mol. The molecule has 1 nitrogen and oxygen atoms in total. The zero-order chi connectivity index (χ0) is 13.2. The van der Waals surface area contributed by atoms with E-state index >= 15 is 0 Å². The molecule has 2 aliphatic carbocycles. The maximum Gasteiger partial charge on any atom is 0.0624 e. The summed E-state index contributed by atoms with van der Waals surface area (Å²) in [6.07, 6.45) is 7.88. The predicted octanol–water partition coefficient (Wildman–Crippen LogP) is 4.70. The average molecular weight is 298 g/mol. The van der Waals surface area contributed by atoms with Crippen molar-refractivity contribution < 1.29 is 0 Å². The summed E-state index contributed by atoms with van der Waals surface area (Å²) in [5.74, 6) is 1.58. The molecule has 0 aromatic heterocycles. The van der Waals surface area contributed by atoms with Gasteiger partial charge in [-0.05, 0) is 62.1 Å². The van der Waals surface area contributed by atoms with Crippen LogP contribution in [0, 0.1) is 11.8 Å². The van der Waals surface area contributed by atoms with E-state index in [1.807, 2.05) is 12.1 Å². The van der Waals surface area contributed by atoms with Crippen molar-refractivity contribution in [3.63, 3.8) is 0 Å². The Labute approximate surface area is 125 Å². The summed E-state index contributed by atoms with van der Waals surface area (Å²) in [4.78, 5) is 0. The molecule has 1 aromatic carbocycles. The van der Waals surface area contributed by atoms with Crippen molar-refractivity contribution in [3.8, 4) is 0 Å². The minimum Gasteiger partial charge on any atom is -0.314 e. The van der Waals surface area contributed by atoms with E-state index in [9.17, 15) is 0 Å². The maximum atomic E-state index is 6.31. The van der Waals surface area contributed by atoms with Crippen molar-refractivity contribution >= 4 is 23.2 Å². The molecule has 2 unspecified atom stereocenters. The van der Waals surface area contributed by atoms with Gasteiger partial charge >= 0.3 is 0 Å². The lowest BCUT2D eigenvalue weighted by Gasteiger charge is -2.21. The van der Waals surface area contributed by atoms with Crippen LogP contribution in [0.25, 0.3) is 0 Å². The van der Waals surface area contributed by atoms with E-state index in [0.717, 1.165) is 29.3 Å². The van der Waals surface area contributed by atoms with E-state index in [2.05, 4.69) is 11.4 Å². The highest BCUT2D eigenvalue weighted by molar-refractivity contribution is 6.42. The highest BCUT2D eigenvalue weighted by Gasteiger charge is 2.30. The summed E-state index contributed by atoms with van der Waals surface area (Å²) in [5, 5.41) is 5.12. The van der Waals surface area contributed by atoms with Crippen LogP contribution in [-0.4, -0.2) is 12.6 Å². The third-order valence-corrected chi connectivity index (χ3v) is 5.43. The van der Waals surface area contributed by atoms with Crippen LogP contribution in [0.5, 0.6) is 0 Å². The van der Waals surface area contributed by atoms with Crippen LogP contribution in [0.4, 0.5) is 0 Å². The Kier molecular flexibility index (Phi) is 4.36. The van der Waals surface area contributed by atoms with Gasteiger partial charge in [-0.1, -0.05) is 41.8 Å². The second kappa shape index (κ2) is 6.03. The zero-order valence-electron chi connectivity index (χ0n) is 11.2. The van der Waals surface area contributed by atoms with Crippen LogP contribution >= 0.6 is 23.2 Å². The summed E-state index contributed by atoms with van der Waals surface area (Å²) >= 11 is 12.4. The van der Waals surface area contributed by atoms with Crippen LogP contribution in [0.1, 0.15) is 37.7 Å². The quantitative estimate of drug-likeness (QED) is 0.830. The SMILES string of the molecule is Clc1cccc(CC2CCCC2CNC2CC2)c1Cl. The topological polar surface area (TPSA) is 12.0 Å². The van der Waals surface area contributed by atoms with E-state index in [0.29, 0.717) is 5.02 Å². The van der Waals surface area contributed by atoms with Crippen molar-refractivity contribution in [2.45, 2.75) is 44.6 Å². The molecule has 2 fully saturated rings. The summed E-state index contributed by atoms with van der Waals surface area (Å²) in [6.45, 7) is 1.19. The van der Waals surface area contributed by atoms with E-state index < -0.39 is 0 Å². The van der Waals surface area contributed by atoms with Crippen LogP contribution in [0.3, 0.4) is 0 Å². The molecule has 1 aromatic rings. The van der Waals surface area contributed by atoms with Gasteiger partial charge < -0.3 is 5.32 Å². The first kappa shape index (κ1) is 13.7. The molecule has 0 aliphatic heterocycles. The van der Waals surface area contributed by atoms with E-state index in [1.54, 1.807) is 0 Å². The molecule has 0 spiro atoms. The fraction of sp³-hybridized carbons (Fsp3) is 0.625. The lowest BCUT2D eigenvalue weighted by Crippen LogP contribution is -2.27. The van der Waals surface area contributed by atoms with Gasteiger partial charge in [0.2, 0.25) is 0 Å². The molecule has 2 aliphatic rings. The van der Waals surface area contributed by atoms with Gasteiger partial charge in [0.25, 0.3) is 0 Å². The second-order valence-corrected chi connectivity index (χ2v) is 6.84. The molecule has 0 amide bonds. The largest absolute Gasteiger partial charge is 0.314 e. The van der Waals surface area contributed by atoms with Crippen molar-refractivity contribution in [1.29, 1.82) is 0 Å². The normalized spacial score (nSPS) is 26.8. The summed E-state index contributed by atoms with van der Waals surface area (Å²) in [6, 6.07) is 6.82. The van der Waals surface area contributed by atoms with Crippen LogP contribution < -0.4 is 5.32 Å². The number of nitrogens with one attached hydrogen (secondary N) is 1. The molecule has 0 radical (unpaired) electrons. The smallest absolute Gasteiger partial charge is 0.0624 e. The molecule has 3 rings (SSSR count). The Hall–Kier alpha value is -0.240. The molecular weight excluding hydrogens is 277 g/mol. The second-order valence-electron chi connectivity index (χ2n) is 6.05. The molecular formula is C16H21Cl2N. The predicted molar refractivity (Wildman–Crippen MR) is 82.0 cm³/mol. The van der Waals surface area contributed by atoms with Gasteiger partial charge in [-0.25, -0.2) is 0 Å². The fourth-order valence-electron chi connectivity index (χ4n) is 3.25. The van der Waals surface area contributed by atoms with Crippen molar-refractivity contribution in [1.82, 2.24) is 5.32 Å².